The van der Waals surface area contributed by atoms with Crippen molar-refractivity contribution in [3.8, 4) is 0 Å². The maximum absolute atomic E-state index is 11.4. The van der Waals surface area contributed by atoms with E-state index in [4.69, 9.17) is 5.11 Å². The van der Waals surface area contributed by atoms with Crippen molar-refractivity contribution in [3.05, 3.63) is 0 Å². The smallest absolute Gasteiger partial charge is 0.230 e. The zero-order chi connectivity index (χ0) is 11.7. The van der Waals surface area contributed by atoms with Crippen LogP contribution in [0.4, 0.5) is 0 Å². The van der Waals surface area contributed by atoms with Crippen LogP contribution in [0.2, 0.25) is 0 Å². The molecule has 1 amide bonds. The third-order valence-corrected chi connectivity index (χ3v) is 3.40. The third-order valence-electron chi connectivity index (χ3n) is 2.16. The first-order valence-corrected chi connectivity index (χ1v) is 6.66. The zero-order valence-electron chi connectivity index (χ0n) is 9.95. The molecule has 0 radical (unpaired) electrons. The number of nitrogens with one attached hydrogen (secondary N) is 1. The minimum Gasteiger partial charge on any atom is -0.396 e. The highest BCUT2D eigenvalue weighted by molar-refractivity contribution is 8.00. The largest absolute Gasteiger partial charge is 0.396 e. The predicted octanol–water partition coefficient (Wildman–Crippen LogP) is 1.80. The van der Waals surface area contributed by atoms with E-state index < -0.39 is 0 Å². The Morgan fingerprint density at radius 3 is 2.60 bits per heavy atom. The molecule has 0 aliphatic heterocycles. The van der Waals surface area contributed by atoms with Crippen LogP contribution in [0.1, 0.15) is 40.0 Å². The summed E-state index contributed by atoms with van der Waals surface area (Å²) in [4.78, 5) is 11.4. The first kappa shape index (κ1) is 14.8. The maximum atomic E-state index is 11.4. The molecule has 0 fully saturated rings. The summed E-state index contributed by atoms with van der Waals surface area (Å²) in [7, 11) is 0. The molecule has 0 heterocycles. The lowest BCUT2D eigenvalue weighted by Crippen LogP contribution is -2.34. The number of aliphatic hydroxyl groups is 1. The number of amides is 1. The van der Waals surface area contributed by atoms with E-state index in [1.54, 1.807) is 11.8 Å². The van der Waals surface area contributed by atoms with Crippen LogP contribution in [-0.2, 0) is 4.79 Å². The van der Waals surface area contributed by atoms with Crippen molar-refractivity contribution < 1.29 is 9.90 Å². The number of carbonyl (C=O) groups is 1. The molecule has 3 nitrogen and oxygen atoms in total. The van der Waals surface area contributed by atoms with Gasteiger partial charge in [-0.1, -0.05) is 20.3 Å². The van der Waals surface area contributed by atoms with Crippen molar-refractivity contribution in [1.82, 2.24) is 5.32 Å². The number of hydrogen-bond acceptors (Lipinski definition) is 3. The van der Waals surface area contributed by atoms with Crippen molar-refractivity contribution >= 4 is 17.7 Å². The van der Waals surface area contributed by atoms with Gasteiger partial charge in [0.15, 0.2) is 0 Å². The SMILES string of the molecule is CCCC(C)NC(=O)CSC(C)CCO. The number of aliphatic hydroxyl groups excluding tert-OH is 1. The number of carbonyl (C=O) groups excluding carboxylic acids is 1. The molecule has 2 N–H and O–H groups in total. The standard InChI is InChI=1S/C11H23NO2S/c1-4-5-9(2)12-11(14)8-15-10(3)6-7-13/h9-10,13H,4-8H2,1-3H3,(H,12,14). The van der Waals surface area contributed by atoms with Crippen molar-refractivity contribution in [2.45, 2.75) is 51.3 Å². The normalized spacial score (nSPS) is 14.7. The summed E-state index contributed by atoms with van der Waals surface area (Å²) in [6, 6.07) is 0.274. The first-order chi connectivity index (χ1) is 7.10. The van der Waals surface area contributed by atoms with E-state index in [1.165, 1.54) is 0 Å². The molecule has 0 aliphatic rings. The Bertz CT molecular complexity index is 176. The second-order valence-electron chi connectivity index (χ2n) is 3.89. The van der Waals surface area contributed by atoms with E-state index in [9.17, 15) is 4.79 Å². The predicted molar refractivity (Wildman–Crippen MR) is 66.1 cm³/mol. The lowest BCUT2D eigenvalue weighted by atomic mass is 10.2. The van der Waals surface area contributed by atoms with Gasteiger partial charge in [-0.25, -0.2) is 0 Å². The van der Waals surface area contributed by atoms with Gasteiger partial charge in [0.1, 0.15) is 0 Å². The molecule has 90 valence electrons. The summed E-state index contributed by atoms with van der Waals surface area (Å²) in [5, 5.41) is 12.0. The van der Waals surface area contributed by atoms with Crippen molar-refractivity contribution in [2.75, 3.05) is 12.4 Å². The second kappa shape index (κ2) is 9.04. The summed E-state index contributed by atoms with van der Waals surface area (Å²) in [5.41, 5.74) is 0. The average molecular weight is 233 g/mol. The summed E-state index contributed by atoms with van der Waals surface area (Å²) >= 11 is 1.60. The van der Waals surface area contributed by atoms with Crippen LogP contribution in [-0.4, -0.2) is 34.7 Å². The molecule has 4 heteroatoms. The van der Waals surface area contributed by atoms with Crippen molar-refractivity contribution in [2.24, 2.45) is 0 Å². The Labute approximate surface area is 97.0 Å². The average Bonchev–Trinajstić information content (AvgIpc) is 2.15. The fourth-order valence-electron chi connectivity index (χ4n) is 1.30. The van der Waals surface area contributed by atoms with E-state index in [0.29, 0.717) is 11.0 Å². The molecule has 0 spiro atoms. The van der Waals surface area contributed by atoms with Crippen LogP contribution in [0.15, 0.2) is 0 Å². The van der Waals surface area contributed by atoms with Gasteiger partial charge in [-0.3, -0.25) is 4.79 Å². The van der Waals surface area contributed by atoms with E-state index in [1.807, 2.05) is 13.8 Å². The highest BCUT2D eigenvalue weighted by Crippen LogP contribution is 2.12. The van der Waals surface area contributed by atoms with Crippen LogP contribution >= 0.6 is 11.8 Å². The Morgan fingerprint density at radius 2 is 2.07 bits per heavy atom. The molecule has 0 aliphatic carbocycles. The third kappa shape index (κ3) is 8.75. The van der Waals surface area contributed by atoms with Gasteiger partial charge in [-0.2, -0.15) is 0 Å². The molecule has 0 aromatic carbocycles. The Hall–Kier alpha value is -0.220. The summed E-state index contributed by atoms with van der Waals surface area (Å²) in [6.07, 6.45) is 2.88. The fraction of sp³-hybridized carbons (Fsp3) is 0.909. The van der Waals surface area contributed by atoms with Crippen molar-refractivity contribution in [3.63, 3.8) is 0 Å². The lowest BCUT2D eigenvalue weighted by Gasteiger charge is -2.14. The van der Waals surface area contributed by atoms with Crippen LogP contribution in [0.5, 0.6) is 0 Å². The molecular formula is C11H23NO2S. The van der Waals surface area contributed by atoms with Gasteiger partial charge >= 0.3 is 0 Å². The summed E-state index contributed by atoms with van der Waals surface area (Å²) < 4.78 is 0. The maximum Gasteiger partial charge on any atom is 0.230 e. The Morgan fingerprint density at radius 1 is 1.40 bits per heavy atom. The first-order valence-electron chi connectivity index (χ1n) is 5.62. The van der Waals surface area contributed by atoms with Gasteiger partial charge in [0.2, 0.25) is 5.91 Å². The minimum atomic E-state index is 0.103. The van der Waals surface area contributed by atoms with Gasteiger partial charge in [0.25, 0.3) is 0 Å². The lowest BCUT2D eigenvalue weighted by molar-refractivity contribution is -0.119. The molecule has 0 bridgehead atoms. The van der Waals surface area contributed by atoms with Gasteiger partial charge in [0, 0.05) is 17.9 Å². The highest BCUT2D eigenvalue weighted by Gasteiger charge is 2.08. The van der Waals surface area contributed by atoms with E-state index in [0.717, 1.165) is 19.3 Å². The van der Waals surface area contributed by atoms with Gasteiger partial charge in [0.05, 0.1) is 5.75 Å². The molecule has 0 saturated carbocycles. The Kier molecular flexibility index (Phi) is 8.91. The molecule has 0 aromatic heterocycles. The topological polar surface area (TPSA) is 49.3 Å². The molecule has 15 heavy (non-hydrogen) atoms. The summed E-state index contributed by atoms with van der Waals surface area (Å²) in [5.74, 6) is 0.598. The fourth-order valence-corrected chi connectivity index (χ4v) is 2.10. The van der Waals surface area contributed by atoms with Gasteiger partial charge in [-0.15, -0.1) is 11.8 Å². The monoisotopic (exact) mass is 233 g/mol. The van der Waals surface area contributed by atoms with Crippen molar-refractivity contribution in [1.29, 1.82) is 0 Å². The number of hydrogen-bond donors (Lipinski definition) is 2. The molecular weight excluding hydrogens is 210 g/mol. The van der Waals surface area contributed by atoms with E-state index in [-0.39, 0.29) is 18.6 Å². The van der Waals surface area contributed by atoms with Gasteiger partial charge in [-0.05, 0) is 19.8 Å². The summed E-state index contributed by atoms with van der Waals surface area (Å²) in [6.45, 7) is 6.37. The Balaban J connectivity index is 3.56. The number of rotatable bonds is 8. The second-order valence-corrected chi connectivity index (χ2v) is 5.32. The van der Waals surface area contributed by atoms with Crippen LogP contribution in [0.3, 0.4) is 0 Å². The van der Waals surface area contributed by atoms with Crippen LogP contribution in [0, 0.1) is 0 Å². The molecule has 2 unspecified atom stereocenters. The van der Waals surface area contributed by atoms with E-state index in [2.05, 4.69) is 12.2 Å². The van der Waals surface area contributed by atoms with Gasteiger partial charge < -0.3 is 10.4 Å². The molecule has 2 atom stereocenters. The van der Waals surface area contributed by atoms with Crippen LogP contribution < -0.4 is 5.32 Å². The highest BCUT2D eigenvalue weighted by atomic mass is 32.2. The van der Waals surface area contributed by atoms with Crippen LogP contribution in [0.25, 0.3) is 0 Å². The van der Waals surface area contributed by atoms with E-state index >= 15 is 0 Å². The quantitative estimate of drug-likeness (QED) is 0.672. The molecule has 0 rings (SSSR count). The molecule has 0 aromatic rings. The number of thioether (sulfide) groups is 1. The minimum absolute atomic E-state index is 0.103. The zero-order valence-corrected chi connectivity index (χ0v) is 10.8. The molecule has 0 saturated heterocycles.